The summed E-state index contributed by atoms with van der Waals surface area (Å²) >= 11 is 7.48. The lowest BCUT2D eigenvalue weighted by atomic mass is 10.2. The highest BCUT2D eigenvalue weighted by Crippen LogP contribution is 2.37. The van der Waals surface area contributed by atoms with Crippen LogP contribution in [-0.4, -0.2) is 35.6 Å². The number of nitrogens with one attached hydrogen (secondary N) is 1. The second-order valence-corrected chi connectivity index (χ2v) is 6.78. The zero-order valence-corrected chi connectivity index (χ0v) is 13.9. The standard InChI is InChI=1S/C15H14ClFN4OS/c1-8-7-18-2-4-21(8)15-20-12-11(17)10(16)6-9(13(12)22-15)14-19-3-5-23-14/h3,5-6,8,18H,2,4,7H2,1H3. The van der Waals surface area contributed by atoms with Gasteiger partial charge < -0.3 is 14.6 Å². The Morgan fingerprint density at radius 3 is 3.13 bits per heavy atom. The van der Waals surface area contributed by atoms with Crippen LogP contribution in [0.25, 0.3) is 21.7 Å². The molecule has 1 aliphatic heterocycles. The van der Waals surface area contributed by atoms with E-state index in [2.05, 4.69) is 22.2 Å². The molecule has 3 aromatic rings. The van der Waals surface area contributed by atoms with Crippen molar-refractivity contribution in [3.8, 4) is 10.6 Å². The van der Waals surface area contributed by atoms with E-state index in [0.29, 0.717) is 17.2 Å². The van der Waals surface area contributed by atoms with E-state index >= 15 is 0 Å². The van der Waals surface area contributed by atoms with Gasteiger partial charge in [-0.3, -0.25) is 0 Å². The molecule has 0 radical (unpaired) electrons. The second-order valence-electron chi connectivity index (χ2n) is 5.48. The smallest absolute Gasteiger partial charge is 0.298 e. The molecule has 23 heavy (non-hydrogen) atoms. The van der Waals surface area contributed by atoms with Gasteiger partial charge in [-0.25, -0.2) is 9.37 Å². The Morgan fingerprint density at radius 1 is 1.52 bits per heavy atom. The molecule has 1 N–H and O–H groups in total. The Labute approximate surface area is 141 Å². The number of hydrogen-bond donors (Lipinski definition) is 1. The molecule has 0 bridgehead atoms. The van der Waals surface area contributed by atoms with Gasteiger partial charge in [-0.05, 0) is 13.0 Å². The SMILES string of the molecule is CC1CNCCN1c1nc2c(F)c(Cl)cc(-c3nccs3)c2o1. The van der Waals surface area contributed by atoms with Crippen molar-refractivity contribution >= 4 is 40.1 Å². The van der Waals surface area contributed by atoms with Crippen molar-refractivity contribution in [2.45, 2.75) is 13.0 Å². The van der Waals surface area contributed by atoms with Crippen LogP contribution in [0, 0.1) is 5.82 Å². The number of thiazole rings is 1. The fraction of sp³-hybridized carbons (Fsp3) is 0.333. The average molecular weight is 353 g/mol. The fourth-order valence-corrected chi connectivity index (χ4v) is 3.62. The summed E-state index contributed by atoms with van der Waals surface area (Å²) in [4.78, 5) is 10.7. The first kappa shape index (κ1) is 14.9. The van der Waals surface area contributed by atoms with Crippen LogP contribution in [-0.2, 0) is 0 Å². The van der Waals surface area contributed by atoms with Crippen molar-refractivity contribution < 1.29 is 8.81 Å². The van der Waals surface area contributed by atoms with Crippen LogP contribution >= 0.6 is 22.9 Å². The predicted octanol–water partition coefficient (Wildman–Crippen LogP) is 3.54. The van der Waals surface area contributed by atoms with Crippen LogP contribution in [0.2, 0.25) is 5.02 Å². The molecule has 0 saturated carbocycles. The van der Waals surface area contributed by atoms with Gasteiger partial charge in [0.15, 0.2) is 11.4 Å². The summed E-state index contributed by atoms with van der Waals surface area (Å²) < 4.78 is 20.3. The predicted molar refractivity (Wildman–Crippen MR) is 89.8 cm³/mol. The molecule has 5 nitrogen and oxygen atoms in total. The quantitative estimate of drug-likeness (QED) is 0.764. The molecule has 1 saturated heterocycles. The fourth-order valence-electron chi connectivity index (χ4n) is 2.77. The van der Waals surface area contributed by atoms with Crippen molar-refractivity contribution in [3.05, 3.63) is 28.5 Å². The molecule has 4 rings (SSSR count). The minimum atomic E-state index is -0.556. The molecule has 8 heteroatoms. The number of fused-ring (bicyclic) bond motifs is 1. The average Bonchev–Trinajstić information content (AvgIpc) is 3.21. The molecular weight excluding hydrogens is 339 g/mol. The highest BCUT2D eigenvalue weighted by molar-refractivity contribution is 7.13. The lowest BCUT2D eigenvalue weighted by Crippen LogP contribution is -2.50. The lowest BCUT2D eigenvalue weighted by molar-refractivity contribution is 0.456. The van der Waals surface area contributed by atoms with E-state index in [1.807, 2.05) is 10.3 Å². The normalized spacial score (nSPS) is 18.7. The number of benzene rings is 1. The van der Waals surface area contributed by atoms with E-state index in [9.17, 15) is 4.39 Å². The maximum atomic E-state index is 14.4. The van der Waals surface area contributed by atoms with Crippen LogP contribution in [0.1, 0.15) is 6.92 Å². The number of hydrogen-bond acceptors (Lipinski definition) is 6. The van der Waals surface area contributed by atoms with Gasteiger partial charge in [-0.15, -0.1) is 11.3 Å². The van der Waals surface area contributed by atoms with Crippen molar-refractivity contribution in [2.24, 2.45) is 0 Å². The van der Waals surface area contributed by atoms with E-state index < -0.39 is 5.82 Å². The maximum Gasteiger partial charge on any atom is 0.298 e. The number of aromatic nitrogens is 2. The molecule has 0 spiro atoms. The van der Waals surface area contributed by atoms with E-state index in [1.54, 1.807) is 12.3 Å². The summed E-state index contributed by atoms with van der Waals surface area (Å²) in [5.41, 5.74) is 1.22. The van der Waals surface area contributed by atoms with Crippen molar-refractivity contribution in [1.29, 1.82) is 0 Å². The third kappa shape index (κ3) is 2.49. The molecule has 2 aromatic heterocycles. The van der Waals surface area contributed by atoms with Gasteiger partial charge in [0.1, 0.15) is 10.5 Å². The van der Waals surface area contributed by atoms with E-state index in [0.717, 1.165) is 24.6 Å². The van der Waals surface area contributed by atoms with Gasteiger partial charge in [0, 0.05) is 37.3 Å². The van der Waals surface area contributed by atoms with E-state index in [-0.39, 0.29) is 16.6 Å². The number of halogens is 2. The number of anilines is 1. The van der Waals surface area contributed by atoms with Gasteiger partial charge in [0.05, 0.1) is 10.6 Å². The van der Waals surface area contributed by atoms with E-state index in [1.165, 1.54) is 11.3 Å². The molecule has 0 aliphatic carbocycles. The van der Waals surface area contributed by atoms with Crippen molar-refractivity contribution in [3.63, 3.8) is 0 Å². The molecular formula is C15H14ClFN4OS. The van der Waals surface area contributed by atoms with Gasteiger partial charge >= 0.3 is 0 Å². The van der Waals surface area contributed by atoms with Crippen LogP contribution in [0.5, 0.6) is 0 Å². The summed E-state index contributed by atoms with van der Waals surface area (Å²) in [6.07, 6.45) is 1.69. The van der Waals surface area contributed by atoms with Crippen LogP contribution in [0.3, 0.4) is 0 Å². The minimum absolute atomic E-state index is 0.0240. The monoisotopic (exact) mass is 352 g/mol. The highest BCUT2D eigenvalue weighted by atomic mass is 35.5. The molecule has 1 aromatic carbocycles. The summed E-state index contributed by atoms with van der Waals surface area (Å²) in [6.45, 7) is 4.51. The summed E-state index contributed by atoms with van der Waals surface area (Å²) in [6, 6.07) is 2.19. The molecule has 1 fully saturated rings. The lowest BCUT2D eigenvalue weighted by Gasteiger charge is -2.32. The first-order chi connectivity index (χ1) is 11.1. The first-order valence-corrected chi connectivity index (χ1v) is 8.56. The largest absolute Gasteiger partial charge is 0.423 e. The maximum absolute atomic E-state index is 14.4. The van der Waals surface area contributed by atoms with Crippen LogP contribution in [0.15, 0.2) is 22.1 Å². The van der Waals surface area contributed by atoms with Crippen molar-refractivity contribution in [2.75, 3.05) is 24.5 Å². The molecule has 1 atom stereocenters. The zero-order chi connectivity index (χ0) is 16.0. The number of nitrogens with zero attached hydrogens (tertiary/aromatic N) is 3. The van der Waals surface area contributed by atoms with Gasteiger partial charge in [0.2, 0.25) is 0 Å². The Balaban J connectivity index is 1.90. The van der Waals surface area contributed by atoms with E-state index in [4.69, 9.17) is 16.0 Å². The highest BCUT2D eigenvalue weighted by Gasteiger charge is 2.26. The molecule has 1 unspecified atom stereocenters. The third-order valence-corrected chi connectivity index (χ3v) is 5.04. The van der Waals surface area contributed by atoms with Crippen LogP contribution < -0.4 is 10.2 Å². The molecule has 120 valence electrons. The minimum Gasteiger partial charge on any atom is -0.423 e. The summed E-state index contributed by atoms with van der Waals surface area (Å²) in [5.74, 6) is -0.556. The number of oxazole rings is 1. The Kier molecular flexibility index (Phi) is 3.71. The van der Waals surface area contributed by atoms with Crippen molar-refractivity contribution in [1.82, 2.24) is 15.3 Å². The first-order valence-electron chi connectivity index (χ1n) is 7.31. The Morgan fingerprint density at radius 2 is 2.39 bits per heavy atom. The summed E-state index contributed by atoms with van der Waals surface area (Å²) in [7, 11) is 0. The van der Waals surface area contributed by atoms with Gasteiger partial charge in [-0.2, -0.15) is 4.98 Å². The summed E-state index contributed by atoms with van der Waals surface area (Å²) in [5, 5.41) is 5.92. The molecule has 0 amide bonds. The van der Waals surface area contributed by atoms with Gasteiger partial charge in [0.25, 0.3) is 6.01 Å². The van der Waals surface area contributed by atoms with Crippen LogP contribution in [0.4, 0.5) is 10.4 Å². The Bertz CT molecular complexity index is 851. The third-order valence-electron chi connectivity index (χ3n) is 3.96. The second kappa shape index (κ2) is 5.74. The Hall–Kier alpha value is -1.70. The topological polar surface area (TPSA) is 54.2 Å². The number of piperazine rings is 1. The zero-order valence-electron chi connectivity index (χ0n) is 12.3. The van der Waals surface area contributed by atoms with Gasteiger partial charge in [-0.1, -0.05) is 11.6 Å². The molecule has 3 heterocycles. The molecule has 1 aliphatic rings. The number of rotatable bonds is 2.